The molecule has 2 heterocycles. The molecule has 1 aliphatic heterocycles. The van der Waals surface area contributed by atoms with Crippen LogP contribution in [0.4, 0.5) is 52.7 Å². The van der Waals surface area contributed by atoms with Crippen molar-refractivity contribution < 1.29 is 54.6 Å². The molecule has 1 fully saturated rings. The number of hydrogen-bond donors (Lipinski definition) is 2. The summed E-state index contributed by atoms with van der Waals surface area (Å²) in [5.41, 5.74) is 1.35. The molecule has 0 aliphatic carbocycles. The predicted octanol–water partition coefficient (Wildman–Crippen LogP) is 7.43. The van der Waals surface area contributed by atoms with Crippen LogP contribution in [-0.4, -0.2) is 57.7 Å². The van der Waals surface area contributed by atoms with E-state index in [1.807, 2.05) is 0 Å². The minimum Gasteiger partial charge on any atom is -0.406 e. The Bertz CT molecular complexity index is 2000. The van der Waals surface area contributed by atoms with Gasteiger partial charge in [-0.3, -0.25) is 19.2 Å². The maximum absolute atomic E-state index is 15.2. The molecule has 5 rings (SSSR count). The SMILES string of the molecule is Cc1ccc(COCC(F)(F)F)c(N2C(=O)CS/C2=N\C(=O)Nc2ccc(-c3cc(NC(=O)c4ccc(OC(F)(F)F)cc4)n(C)n3)cc2F)c1. The van der Waals surface area contributed by atoms with Gasteiger partial charge < -0.3 is 20.1 Å². The van der Waals surface area contributed by atoms with Gasteiger partial charge in [-0.15, -0.1) is 13.2 Å². The Morgan fingerprint density at radius 1 is 0.980 bits per heavy atom. The predicted molar refractivity (Wildman–Crippen MR) is 173 cm³/mol. The number of thioether (sulfide) groups is 1. The van der Waals surface area contributed by atoms with E-state index in [1.54, 1.807) is 19.1 Å². The van der Waals surface area contributed by atoms with Crippen LogP contribution < -0.4 is 20.3 Å². The largest absolute Gasteiger partial charge is 0.573 e. The Hall–Kier alpha value is -5.43. The molecule has 19 heteroatoms. The molecule has 1 aromatic heterocycles. The first-order chi connectivity index (χ1) is 24.0. The minimum absolute atomic E-state index is 0.0276. The number of rotatable bonds is 9. The maximum Gasteiger partial charge on any atom is 0.573 e. The number of carbonyl (C=O) groups excluding carboxylic acids is 3. The number of aliphatic imine (C=N–C) groups is 1. The average molecular weight is 739 g/mol. The lowest BCUT2D eigenvalue weighted by Crippen LogP contribution is -2.31. The molecule has 0 bridgehead atoms. The van der Waals surface area contributed by atoms with E-state index < -0.39 is 55.2 Å². The van der Waals surface area contributed by atoms with E-state index in [-0.39, 0.29) is 50.5 Å². The first kappa shape index (κ1) is 36.8. The van der Waals surface area contributed by atoms with Crippen LogP contribution in [0.15, 0.2) is 71.7 Å². The van der Waals surface area contributed by atoms with E-state index in [1.165, 1.54) is 36.0 Å². The molecule has 0 unspecified atom stereocenters. The summed E-state index contributed by atoms with van der Waals surface area (Å²) in [5.74, 6) is -2.46. The van der Waals surface area contributed by atoms with E-state index in [2.05, 4.69) is 25.5 Å². The highest BCUT2D eigenvalue weighted by Gasteiger charge is 2.33. The van der Waals surface area contributed by atoms with Crippen LogP contribution in [0.2, 0.25) is 0 Å². The number of alkyl halides is 6. The summed E-state index contributed by atoms with van der Waals surface area (Å²) < 4.78 is 100. The molecule has 0 saturated carbocycles. The lowest BCUT2D eigenvalue weighted by atomic mass is 10.1. The molecule has 4 amide bonds. The zero-order chi connectivity index (χ0) is 37.1. The summed E-state index contributed by atoms with van der Waals surface area (Å²) in [4.78, 5) is 43.3. The Balaban J connectivity index is 1.27. The summed E-state index contributed by atoms with van der Waals surface area (Å²) in [7, 11) is 1.49. The smallest absolute Gasteiger partial charge is 0.406 e. The van der Waals surface area contributed by atoms with Gasteiger partial charge in [-0.1, -0.05) is 30.0 Å². The number of aromatic nitrogens is 2. The van der Waals surface area contributed by atoms with Crippen molar-refractivity contribution in [2.75, 3.05) is 27.9 Å². The van der Waals surface area contributed by atoms with Gasteiger partial charge in [0.25, 0.3) is 5.91 Å². The number of carbonyl (C=O) groups is 3. The highest BCUT2D eigenvalue weighted by Crippen LogP contribution is 2.32. The van der Waals surface area contributed by atoms with Gasteiger partial charge in [-0.2, -0.15) is 23.3 Å². The van der Waals surface area contributed by atoms with Crippen molar-refractivity contribution in [2.45, 2.75) is 26.1 Å². The topological polar surface area (TPSA) is 127 Å². The van der Waals surface area contributed by atoms with Crippen molar-refractivity contribution in [1.82, 2.24) is 9.78 Å². The van der Waals surface area contributed by atoms with Gasteiger partial charge in [0.1, 0.15) is 24.0 Å². The second-order valence-electron chi connectivity index (χ2n) is 10.8. The molecule has 11 nitrogen and oxygen atoms in total. The van der Waals surface area contributed by atoms with Gasteiger partial charge >= 0.3 is 18.6 Å². The van der Waals surface area contributed by atoms with E-state index in [0.29, 0.717) is 5.56 Å². The van der Waals surface area contributed by atoms with E-state index >= 15 is 4.39 Å². The van der Waals surface area contributed by atoms with Crippen LogP contribution in [0.1, 0.15) is 21.5 Å². The number of amidine groups is 1. The zero-order valence-electron chi connectivity index (χ0n) is 26.4. The number of nitrogens with one attached hydrogen (secondary N) is 2. The molecule has 51 heavy (non-hydrogen) atoms. The van der Waals surface area contributed by atoms with Gasteiger partial charge in [-0.05, 0) is 55.0 Å². The van der Waals surface area contributed by atoms with E-state index in [0.717, 1.165) is 47.0 Å². The summed E-state index contributed by atoms with van der Waals surface area (Å²) in [6.45, 7) is -0.264. The number of urea groups is 1. The molecule has 0 spiro atoms. The van der Waals surface area contributed by atoms with Crippen molar-refractivity contribution >= 4 is 52.0 Å². The first-order valence-corrected chi connectivity index (χ1v) is 15.5. The third-order valence-electron chi connectivity index (χ3n) is 6.95. The number of ether oxygens (including phenoxy) is 2. The minimum atomic E-state index is -4.89. The highest BCUT2D eigenvalue weighted by molar-refractivity contribution is 8.15. The Labute approximate surface area is 288 Å². The number of hydrogen-bond acceptors (Lipinski definition) is 7. The van der Waals surface area contributed by atoms with Gasteiger partial charge in [0.15, 0.2) is 5.17 Å². The number of halogens is 7. The second kappa shape index (κ2) is 14.8. The number of amides is 4. The number of nitrogens with zero attached hydrogens (tertiary/aromatic N) is 4. The lowest BCUT2D eigenvalue weighted by molar-refractivity contribution is -0.274. The molecule has 0 radical (unpaired) electrons. The van der Waals surface area contributed by atoms with Crippen LogP contribution in [-0.2, 0) is 23.2 Å². The Kier molecular flexibility index (Phi) is 10.7. The van der Waals surface area contributed by atoms with Crippen molar-refractivity contribution in [2.24, 2.45) is 12.0 Å². The normalized spacial score (nSPS) is 14.3. The molecule has 4 aromatic rings. The van der Waals surface area contributed by atoms with Gasteiger partial charge in [-0.25, -0.2) is 9.18 Å². The fourth-order valence-corrected chi connectivity index (χ4v) is 5.55. The first-order valence-electron chi connectivity index (χ1n) is 14.6. The molecule has 3 aromatic carbocycles. The number of benzene rings is 3. The maximum atomic E-state index is 15.2. The van der Waals surface area contributed by atoms with Crippen molar-refractivity contribution in [1.29, 1.82) is 0 Å². The monoisotopic (exact) mass is 738 g/mol. The van der Waals surface area contributed by atoms with Crippen LogP contribution in [0.5, 0.6) is 5.75 Å². The van der Waals surface area contributed by atoms with Crippen molar-refractivity contribution in [3.8, 4) is 17.0 Å². The molecule has 2 N–H and O–H groups in total. The highest BCUT2D eigenvalue weighted by atomic mass is 32.2. The summed E-state index contributed by atoms with van der Waals surface area (Å²) in [6, 6.07) is 13.0. The number of anilines is 3. The fraction of sp³-hybridized carbons (Fsp3) is 0.219. The standard InChI is InChI=1S/C32H25F7N6O5S/c1-17-3-4-20(14-49-16-31(34,35)36)25(11-17)45-27(46)15-51-30(45)42-29(48)40-23-10-7-19(12-22(23)33)24-13-26(44(2)43-24)41-28(47)18-5-8-21(9-6-18)50-32(37,38)39/h3-13H,14-16H2,1-2H3,(H,40,48)(H,41,47)/b42-30-. The molecular weight excluding hydrogens is 713 g/mol. The van der Waals surface area contributed by atoms with E-state index in [4.69, 9.17) is 4.74 Å². The average Bonchev–Trinajstić information content (AvgIpc) is 3.58. The number of aryl methyl sites for hydroxylation is 2. The van der Waals surface area contributed by atoms with Gasteiger partial charge in [0.2, 0.25) is 5.91 Å². The second-order valence-corrected chi connectivity index (χ2v) is 11.8. The summed E-state index contributed by atoms with van der Waals surface area (Å²) >= 11 is 0.912. The molecule has 1 saturated heterocycles. The Morgan fingerprint density at radius 3 is 2.37 bits per heavy atom. The molecule has 268 valence electrons. The molecule has 1 aliphatic rings. The van der Waals surface area contributed by atoms with Crippen molar-refractivity contribution in [3.63, 3.8) is 0 Å². The quantitative estimate of drug-likeness (QED) is 0.171. The summed E-state index contributed by atoms with van der Waals surface area (Å²) in [6.07, 6.45) is -9.44. The molecular formula is C32H25F7N6O5S. The van der Waals surface area contributed by atoms with Crippen LogP contribution in [0, 0.1) is 12.7 Å². The third-order valence-corrected chi connectivity index (χ3v) is 7.87. The van der Waals surface area contributed by atoms with Crippen LogP contribution in [0.25, 0.3) is 11.3 Å². The van der Waals surface area contributed by atoms with Gasteiger partial charge in [0.05, 0.1) is 29.4 Å². The van der Waals surface area contributed by atoms with E-state index in [9.17, 15) is 40.7 Å². The van der Waals surface area contributed by atoms with Crippen LogP contribution in [0.3, 0.4) is 0 Å². The molecule has 0 atom stereocenters. The van der Waals surface area contributed by atoms with Crippen LogP contribution >= 0.6 is 11.8 Å². The van der Waals surface area contributed by atoms with Gasteiger partial charge in [0, 0.05) is 29.8 Å². The Morgan fingerprint density at radius 2 is 1.71 bits per heavy atom. The third kappa shape index (κ3) is 9.63. The lowest BCUT2D eigenvalue weighted by Gasteiger charge is -2.21. The fourth-order valence-electron chi connectivity index (χ4n) is 4.69. The van der Waals surface area contributed by atoms with Crippen molar-refractivity contribution in [3.05, 3.63) is 89.2 Å². The zero-order valence-corrected chi connectivity index (χ0v) is 27.2. The summed E-state index contributed by atoms with van der Waals surface area (Å²) in [5, 5.41) is 9.03.